The van der Waals surface area contributed by atoms with Gasteiger partial charge in [0, 0.05) is 0 Å². The van der Waals surface area contributed by atoms with E-state index in [0.29, 0.717) is 5.56 Å². The van der Waals surface area contributed by atoms with Gasteiger partial charge < -0.3 is 14.6 Å². The molecular weight excluding hydrogens is 381 g/mol. The van der Waals surface area contributed by atoms with Gasteiger partial charge in [0.2, 0.25) is 0 Å². The van der Waals surface area contributed by atoms with Crippen molar-refractivity contribution in [2.24, 2.45) is 0 Å². The number of hydrogen-bond acceptors (Lipinski definition) is 8. The first kappa shape index (κ1) is 22.3. The second-order valence-corrected chi connectivity index (χ2v) is 6.14. The third kappa shape index (κ3) is 5.16. The molecule has 1 saturated heterocycles. The van der Waals surface area contributed by atoms with Crippen LogP contribution in [0.15, 0.2) is 30.3 Å². The normalized spacial score (nSPS) is 19.0. The first-order chi connectivity index (χ1) is 11.8. The number of β-lactam (4-membered cyclic amide) rings is 1. The van der Waals surface area contributed by atoms with Crippen molar-refractivity contribution in [2.45, 2.75) is 18.7 Å². The Kier molecular flexibility index (Phi) is 7.99. The number of carbonyl (C=O) groups excluding carboxylic acids is 3. The fourth-order valence-corrected chi connectivity index (χ4v) is 2.99. The molecule has 1 aromatic rings. The van der Waals surface area contributed by atoms with Gasteiger partial charge in [-0.3, -0.25) is 14.4 Å². The van der Waals surface area contributed by atoms with Gasteiger partial charge in [-0.15, -0.1) is 0 Å². The monoisotopic (exact) mass is 395 g/mol. The van der Waals surface area contributed by atoms with Gasteiger partial charge in [0.1, 0.15) is 12.6 Å². The van der Waals surface area contributed by atoms with Crippen LogP contribution in [0.3, 0.4) is 0 Å². The molecule has 0 aliphatic carbocycles. The molecule has 1 aliphatic rings. The summed E-state index contributed by atoms with van der Waals surface area (Å²) in [4.78, 5) is 39.7. The van der Waals surface area contributed by atoms with E-state index < -0.39 is 40.3 Å². The van der Waals surface area contributed by atoms with Crippen LogP contribution in [0.1, 0.15) is 5.56 Å². The quantitative estimate of drug-likeness (QED) is 0.212. The van der Waals surface area contributed by atoms with E-state index in [4.69, 9.17) is 4.74 Å². The van der Waals surface area contributed by atoms with Crippen LogP contribution in [0, 0.1) is 0 Å². The second-order valence-electron chi connectivity index (χ2n) is 4.89. The topological polar surface area (TPSA) is 154 Å². The number of alkyl carbamates (subject to hydrolysis) is 1. The van der Waals surface area contributed by atoms with Gasteiger partial charge >= 0.3 is 35.7 Å². The minimum Gasteiger partial charge on any atom is -0.731 e. The van der Waals surface area contributed by atoms with Gasteiger partial charge in [0.25, 0.3) is 11.8 Å². The number of benzene rings is 1. The SMILES string of the molecule is CONC(=O)[C@H]1[C@@H](NC(=O)OCc2ccccc2)C(=O)N1S(=O)(=O)[O-].[Na+]. The maximum Gasteiger partial charge on any atom is 1.00 e. The van der Waals surface area contributed by atoms with Gasteiger partial charge in [-0.1, -0.05) is 30.3 Å². The summed E-state index contributed by atoms with van der Waals surface area (Å²) in [6.45, 7) is -0.105. The van der Waals surface area contributed by atoms with Crippen molar-refractivity contribution in [3.8, 4) is 0 Å². The molecule has 1 aliphatic heterocycles. The van der Waals surface area contributed by atoms with Crippen molar-refractivity contribution in [3.05, 3.63) is 35.9 Å². The molecule has 0 spiro atoms. The molecule has 1 fully saturated rings. The molecule has 13 heteroatoms. The van der Waals surface area contributed by atoms with Gasteiger partial charge in [-0.2, -0.15) is 0 Å². The summed E-state index contributed by atoms with van der Waals surface area (Å²) in [7, 11) is -4.15. The average molecular weight is 395 g/mol. The molecule has 1 heterocycles. The van der Waals surface area contributed by atoms with Crippen LogP contribution in [-0.4, -0.2) is 54.4 Å². The number of nitrogens with one attached hydrogen (secondary N) is 2. The molecule has 0 bridgehead atoms. The number of nitrogens with zero attached hydrogens (tertiary/aromatic N) is 1. The van der Waals surface area contributed by atoms with Crippen LogP contribution in [0.4, 0.5) is 4.79 Å². The summed E-state index contributed by atoms with van der Waals surface area (Å²) in [6, 6.07) is 5.29. The Morgan fingerprint density at radius 3 is 2.42 bits per heavy atom. The molecule has 0 aromatic heterocycles. The van der Waals surface area contributed by atoms with E-state index in [1.54, 1.807) is 35.8 Å². The molecule has 11 nitrogen and oxygen atoms in total. The van der Waals surface area contributed by atoms with E-state index in [0.717, 1.165) is 7.11 Å². The molecule has 2 N–H and O–H groups in total. The fourth-order valence-electron chi connectivity index (χ4n) is 2.16. The molecule has 2 atom stereocenters. The molecule has 136 valence electrons. The first-order valence-electron chi connectivity index (χ1n) is 6.85. The van der Waals surface area contributed by atoms with E-state index in [-0.39, 0.29) is 40.5 Å². The van der Waals surface area contributed by atoms with Crippen molar-refractivity contribution < 1.29 is 66.5 Å². The maximum atomic E-state index is 11.8. The van der Waals surface area contributed by atoms with Gasteiger partial charge in [0.15, 0.2) is 16.3 Å². The van der Waals surface area contributed by atoms with Crippen molar-refractivity contribution in [1.82, 2.24) is 15.1 Å². The predicted molar refractivity (Wildman–Crippen MR) is 79.0 cm³/mol. The zero-order chi connectivity index (χ0) is 18.6. The summed E-state index contributed by atoms with van der Waals surface area (Å²) >= 11 is 0. The van der Waals surface area contributed by atoms with Crippen LogP contribution in [0.2, 0.25) is 0 Å². The van der Waals surface area contributed by atoms with Crippen molar-refractivity contribution in [3.63, 3.8) is 0 Å². The second kappa shape index (κ2) is 9.30. The maximum absolute atomic E-state index is 11.8. The molecule has 0 radical (unpaired) electrons. The van der Waals surface area contributed by atoms with Gasteiger partial charge in [-0.05, 0) is 5.56 Å². The van der Waals surface area contributed by atoms with Crippen LogP contribution in [0.25, 0.3) is 0 Å². The van der Waals surface area contributed by atoms with E-state index in [2.05, 4.69) is 10.2 Å². The summed E-state index contributed by atoms with van der Waals surface area (Å²) < 4.78 is 37.9. The number of amides is 3. The number of hydrogen-bond donors (Lipinski definition) is 2. The molecule has 3 amide bonds. The Labute approximate surface area is 171 Å². The molecule has 1 aromatic carbocycles. The minimum atomic E-state index is -5.23. The molecular formula is C13H14N3NaO8S. The van der Waals surface area contributed by atoms with Crippen LogP contribution in [-0.2, 0) is 36.1 Å². The third-order valence-corrected chi connectivity index (χ3v) is 4.14. The van der Waals surface area contributed by atoms with E-state index in [1.807, 2.05) is 0 Å². The van der Waals surface area contributed by atoms with Gasteiger partial charge in [0.05, 0.1) is 7.11 Å². The van der Waals surface area contributed by atoms with E-state index in [9.17, 15) is 27.4 Å². The summed E-state index contributed by atoms with van der Waals surface area (Å²) in [5.74, 6) is -2.34. The number of ether oxygens (including phenoxy) is 1. The minimum absolute atomic E-state index is 0. The molecule has 26 heavy (non-hydrogen) atoms. The van der Waals surface area contributed by atoms with Crippen molar-refractivity contribution >= 4 is 28.2 Å². The van der Waals surface area contributed by atoms with Crippen LogP contribution >= 0.6 is 0 Å². The zero-order valence-electron chi connectivity index (χ0n) is 13.9. The van der Waals surface area contributed by atoms with Gasteiger partial charge in [-0.25, -0.2) is 23.0 Å². The molecule has 0 saturated carbocycles. The summed E-state index contributed by atoms with van der Waals surface area (Å²) in [5.41, 5.74) is 2.48. The fraction of sp³-hybridized carbons (Fsp3) is 0.308. The van der Waals surface area contributed by atoms with E-state index >= 15 is 0 Å². The Hall–Kier alpha value is -1.70. The first-order valence-corrected chi connectivity index (χ1v) is 8.21. The standard InChI is InChI=1S/C13H15N3O8S.Na/c1-23-15-11(17)10-9(12(18)16(10)25(20,21)22)14-13(19)24-7-8-5-3-2-4-6-8;/h2-6,9-10H,7H2,1H3,(H,14,19)(H,15,17)(H,20,21,22);/q;+1/p-1/t9-,10-;/m1./s1. The zero-order valence-corrected chi connectivity index (χ0v) is 16.7. The Morgan fingerprint density at radius 1 is 1.27 bits per heavy atom. The Morgan fingerprint density at radius 2 is 1.88 bits per heavy atom. The number of carbonyl (C=O) groups is 3. The number of hydroxylamine groups is 1. The third-order valence-electron chi connectivity index (χ3n) is 3.25. The smallest absolute Gasteiger partial charge is 0.731 e. The Bertz CT molecular complexity index is 773. The van der Waals surface area contributed by atoms with Crippen LogP contribution in [0.5, 0.6) is 0 Å². The molecule has 0 unspecified atom stereocenters. The Balaban J connectivity index is 0.00000338. The van der Waals surface area contributed by atoms with Crippen LogP contribution < -0.4 is 40.4 Å². The number of rotatable bonds is 6. The summed E-state index contributed by atoms with van der Waals surface area (Å²) in [6.07, 6.45) is -1.06. The van der Waals surface area contributed by atoms with E-state index in [1.165, 1.54) is 0 Å². The van der Waals surface area contributed by atoms with Crippen molar-refractivity contribution in [2.75, 3.05) is 7.11 Å². The molecule has 2 rings (SSSR count). The largest absolute Gasteiger partial charge is 1.00 e. The average Bonchev–Trinajstić information content (AvgIpc) is 2.55. The predicted octanol–water partition coefficient (Wildman–Crippen LogP) is -4.37. The summed E-state index contributed by atoms with van der Waals surface area (Å²) in [5, 5.41) is 2.06. The van der Waals surface area contributed by atoms with Crippen molar-refractivity contribution in [1.29, 1.82) is 0 Å².